The molecule has 2 aliphatic carbocycles. The second kappa shape index (κ2) is 9.70. The monoisotopic (exact) mass is 478 g/mol. The first-order valence-corrected chi connectivity index (χ1v) is 12.2. The van der Waals surface area contributed by atoms with Crippen LogP contribution >= 0.6 is 0 Å². The number of carbonyl (C=O) groups excluding carboxylic acids is 2. The van der Waals surface area contributed by atoms with Crippen molar-refractivity contribution < 1.29 is 29.0 Å². The van der Waals surface area contributed by atoms with Crippen LogP contribution in [-0.2, 0) is 19.1 Å². The number of nitrogens with one attached hydrogen (secondary N) is 2. The topological polar surface area (TPSA) is 114 Å². The Hall–Kier alpha value is -3.39. The smallest absolute Gasteiger partial charge is 0.408 e. The van der Waals surface area contributed by atoms with Crippen molar-refractivity contribution in [3.8, 4) is 11.1 Å². The molecule has 1 saturated heterocycles. The molecule has 0 spiro atoms. The highest BCUT2D eigenvalue weighted by Crippen LogP contribution is 2.44. The molecule has 184 valence electrons. The third-order valence-corrected chi connectivity index (χ3v) is 7.54. The zero-order valence-electron chi connectivity index (χ0n) is 19.5. The molecule has 35 heavy (non-hydrogen) atoms. The van der Waals surface area contributed by atoms with E-state index in [2.05, 4.69) is 34.9 Å². The summed E-state index contributed by atoms with van der Waals surface area (Å²) in [5.74, 6) is -2.24. The lowest BCUT2D eigenvalue weighted by atomic mass is 9.80. The van der Waals surface area contributed by atoms with Crippen LogP contribution in [0.2, 0.25) is 0 Å². The molecule has 2 atom stereocenters. The molecule has 8 nitrogen and oxygen atoms in total. The third kappa shape index (κ3) is 4.50. The van der Waals surface area contributed by atoms with Gasteiger partial charge in [-0.25, -0.2) is 4.79 Å². The van der Waals surface area contributed by atoms with Gasteiger partial charge in [-0.15, -0.1) is 0 Å². The number of rotatable bonds is 6. The summed E-state index contributed by atoms with van der Waals surface area (Å²) in [7, 11) is 0. The van der Waals surface area contributed by atoms with Gasteiger partial charge in [0.2, 0.25) is 5.91 Å². The summed E-state index contributed by atoms with van der Waals surface area (Å²) in [6, 6.07) is 15.6. The number of aliphatic carboxylic acids is 1. The Balaban J connectivity index is 1.28. The van der Waals surface area contributed by atoms with Crippen molar-refractivity contribution in [2.45, 2.75) is 49.6 Å². The fourth-order valence-corrected chi connectivity index (χ4v) is 5.64. The lowest BCUT2D eigenvalue weighted by Gasteiger charge is -2.37. The molecule has 0 radical (unpaired) electrons. The number of ether oxygens (including phenoxy) is 2. The van der Waals surface area contributed by atoms with Gasteiger partial charge in [0, 0.05) is 5.92 Å². The molecular formula is C27H30N2O6. The van der Waals surface area contributed by atoms with Crippen molar-refractivity contribution in [1.82, 2.24) is 10.6 Å². The molecule has 3 aliphatic rings. The lowest BCUT2D eigenvalue weighted by Crippen LogP contribution is -2.62. The van der Waals surface area contributed by atoms with Crippen LogP contribution in [0.25, 0.3) is 11.1 Å². The number of benzene rings is 2. The number of hydrogen-bond acceptors (Lipinski definition) is 5. The summed E-state index contributed by atoms with van der Waals surface area (Å²) in [5, 5.41) is 15.1. The van der Waals surface area contributed by atoms with Crippen LogP contribution in [0, 0.1) is 5.92 Å². The molecular weight excluding hydrogens is 448 g/mol. The Morgan fingerprint density at radius 1 is 0.943 bits per heavy atom. The molecule has 0 aromatic heterocycles. The molecule has 2 aromatic rings. The molecule has 8 heteroatoms. The number of carboxylic acids is 1. The predicted octanol–water partition coefficient (Wildman–Crippen LogP) is 3.44. The van der Waals surface area contributed by atoms with E-state index in [0.29, 0.717) is 12.8 Å². The molecule has 1 aliphatic heterocycles. The molecule has 1 heterocycles. The van der Waals surface area contributed by atoms with Gasteiger partial charge in [0.25, 0.3) is 0 Å². The van der Waals surface area contributed by atoms with Crippen molar-refractivity contribution in [1.29, 1.82) is 0 Å². The Morgan fingerprint density at radius 2 is 1.57 bits per heavy atom. The molecule has 0 bridgehead atoms. The molecule has 2 unspecified atom stereocenters. The van der Waals surface area contributed by atoms with E-state index in [1.807, 2.05) is 24.3 Å². The highest BCUT2D eigenvalue weighted by molar-refractivity contribution is 5.91. The van der Waals surface area contributed by atoms with Gasteiger partial charge >= 0.3 is 12.1 Å². The summed E-state index contributed by atoms with van der Waals surface area (Å²) in [6.45, 7) is 0.367. The van der Waals surface area contributed by atoms with Crippen LogP contribution in [-0.4, -0.2) is 54.5 Å². The van der Waals surface area contributed by atoms with E-state index in [1.54, 1.807) is 0 Å². The van der Waals surface area contributed by atoms with Gasteiger partial charge in [-0.2, -0.15) is 0 Å². The normalized spacial score (nSPS) is 22.6. The molecule has 2 aromatic carbocycles. The SMILES string of the molecule is O=C(NC1(C(=O)NC2COCC2C(=O)O)CCCCC1)OCC1c2ccccc2-c2ccccc21. The second-order valence-corrected chi connectivity index (χ2v) is 9.66. The van der Waals surface area contributed by atoms with Gasteiger partial charge in [0.15, 0.2) is 0 Å². The van der Waals surface area contributed by atoms with E-state index in [4.69, 9.17) is 9.47 Å². The predicted molar refractivity (Wildman–Crippen MR) is 128 cm³/mol. The zero-order chi connectivity index (χ0) is 24.4. The number of alkyl carbamates (subject to hydrolysis) is 1. The minimum Gasteiger partial charge on any atom is -0.481 e. The molecule has 2 fully saturated rings. The Kier molecular flexibility index (Phi) is 6.47. The maximum Gasteiger partial charge on any atom is 0.408 e. The summed E-state index contributed by atoms with van der Waals surface area (Å²) in [6.07, 6.45) is 2.89. The average molecular weight is 479 g/mol. The van der Waals surface area contributed by atoms with Crippen molar-refractivity contribution in [3.05, 3.63) is 59.7 Å². The summed E-state index contributed by atoms with van der Waals surface area (Å²) >= 11 is 0. The molecule has 2 amide bonds. The minimum absolute atomic E-state index is 0.0626. The zero-order valence-corrected chi connectivity index (χ0v) is 19.5. The van der Waals surface area contributed by atoms with Crippen LogP contribution in [0.5, 0.6) is 0 Å². The summed E-state index contributed by atoms with van der Waals surface area (Å²) < 4.78 is 11.0. The van der Waals surface area contributed by atoms with Gasteiger partial charge in [-0.05, 0) is 35.1 Å². The molecule has 3 N–H and O–H groups in total. The summed E-state index contributed by atoms with van der Waals surface area (Å²) in [5.41, 5.74) is 3.41. The third-order valence-electron chi connectivity index (χ3n) is 7.54. The Labute approximate surface area is 204 Å². The number of amides is 2. The Morgan fingerprint density at radius 3 is 2.20 bits per heavy atom. The van der Waals surface area contributed by atoms with Gasteiger partial charge in [0.05, 0.1) is 19.3 Å². The first-order valence-electron chi connectivity index (χ1n) is 12.2. The Bertz CT molecular complexity index is 1080. The quantitative estimate of drug-likeness (QED) is 0.586. The fourth-order valence-electron chi connectivity index (χ4n) is 5.64. The van der Waals surface area contributed by atoms with E-state index in [0.717, 1.165) is 41.5 Å². The largest absolute Gasteiger partial charge is 0.481 e. The van der Waals surface area contributed by atoms with Gasteiger partial charge in [0.1, 0.15) is 18.1 Å². The number of fused-ring (bicyclic) bond motifs is 3. The van der Waals surface area contributed by atoms with E-state index in [1.165, 1.54) is 0 Å². The number of carbonyl (C=O) groups is 3. The lowest BCUT2D eigenvalue weighted by molar-refractivity contribution is -0.142. The maximum atomic E-state index is 13.3. The van der Waals surface area contributed by atoms with Gasteiger partial charge in [-0.1, -0.05) is 67.8 Å². The minimum atomic E-state index is -1.12. The van der Waals surface area contributed by atoms with Gasteiger partial charge in [-0.3, -0.25) is 9.59 Å². The highest BCUT2D eigenvalue weighted by atomic mass is 16.5. The van der Waals surface area contributed by atoms with E-state index < -0.39 is 29.6 Å². The van der Waals surface area contributed by atoms with Crippen LogP contribution in [0.1, 0.15) is 49.1 Å². The molecule has 1 saturated carbocycles. The van der Waals surface area contributed by atoms with E-state index in [-0.39, 0.29) is 31.6 Å². The molecule has 5 rings (SSSR count). The van der Waals surface area contributed by atoms with E-state index >= 15 is 0 Å². The van der Waals surface area contributed by atoms with Crippen LogP contribution in [0.3, 0.4) is 0 Å². The number of carboxylic acid groups (broad SMARTS) is 1. The van der Waals surface area contributed by atoms with Crippen molar-refractivity contribution in [2.75, 3.05) is 19.8 Å². The van der Waals surface area contributed by atoms with Crippen molar-refractivity contribution in [3.63, 3.8) is 0 Å². The van der Waals surface area contributed by atoms with Crippen LogP contribution in [0.15, 0.2) is 48.5 Å². The van der Waals surface area contributed by atoms with Crippen LogP contribution < -0.4 is 10.6 Å². The highest BCUT2D eigenvalue weighted by Gasteiger charge is 2.45. The number of hydrogen-bond donors (Lipinski definition) is 3. The van der Waals surface area contributed by atoms with Gasteiger partial charge < -0.3 is 25.2 Å². The fraction of sp³-hybridized carbons (Fsp3) is 0.444. The van der Waals surface area contributed by atoms with Crippen molar-refractivity contribution in [2.24, 2.45) is 5.92 Å². The first kappa shape index (κ1) is 23.4. The average Bonchev–Trinajstić information content (AvgIpc) is 3.46. The van der Waals surface area contributed by atoms with Crippen molar-refractivity contribution >= 4 is 18.0 Å². The maximum absolute atomic E-state index is 13.3. The van der Waals surface area contributed by atoms with Crippen LogP contribution in [0.4, 0.5) is 4.79 Å². The summed E-state index contributed by atoms with van der Waals surface area (Å²) in [4.78, 5) is 37.8. The first-order chi connectivity index (χ1) is 17.0. The standard InChI is InChI=1S/C27H30N2O6/c30-24(31)22-14-34-16-23(22)28-25(32)27(12-6-1-7-13-27)29-26(33)35-15-21-19-10-4-2-8-17(19)18-9-3-5-11-20(18)21/h2-5,8-11,21-23H,1,6-7,12-16H2,(H,28,32)(H,29,33)(H,30,31). The van der Waals surface area contributed by atoms with E-state index in [9.17, 15) is 19.5 Å². The second-order valence-electron chi connectivity index (χ2n) is 9.66.